The second-order valence-electron chi connectivity index (χ2n) is 7.32. The van der Waals surface area contributed by atoms with E-state index in [0.717, 1.165) is 38.6 Å². The molecule has 0 aromatic carbocycles. The molecule has 4 atom stereocenters. The summed E-state index contributed by atoms with van der Waals surface area (Å²) in [6.07, 6.45) is 5.02. The lowest BCUT2D eigenvalue weighted by molar-refractivity contribution is -0.140. The third-order valence-corrected chi connectivity index (χ3v) is 5.45. The van der Waals surface area contributed by atoms with Crippen LogP contribution in [0.2, 0.25) is 0 Å². The van der Waals surface area contributed by atoms with Gasteiger partial charge in [0.2, 0.25) is 11.7 Å². The molecule has 2 aliphatic carbocycles. The molecule has 1 aliphatic heterocycles. The third kappa shape index (κ3) is 3.53. The average Bonchev–Trinajstić information content (AvgIpc) is 3.14. The van der Waals surface area contributed by atoms with Crippen molar-refractivity contribution in [2.45, 2.75) is 63.6 Å². The maximum absolute atomic E-state index is 12.7. The molecule has 3 fully saturated rings. The number of hydrogen-bond acceptors (Lipinski definition) is 4. The van der Waals surface area contributed by atoms with Gasteiger partial charge in [-0.25, -0.2) is 0 Å². The van der Waals surface area contributed by atoms with Crippen LogP contribution in [-0.2, 0) is 14.4 Å². The number of carbonyl (C=O) groups excluding carboxylic acids is 3. The summed E-state index contributed by atoms with van der Waals surface area (Å²) in [7, 11) is 0. The molecular formula is C18H27N3O3. The van der Waals surface area contributed by atoms with Crippen LogP contribution in [0.15, 0.2) is 12.2 Å². The monoisotopic (exact) mass is 333 g/mol. The second kappa shape index (κ2) is 7.05. The SMILES string of the molecule is C=C1CCC2C1CNC2C(=O)NC(CCC)C(=O)C(=O)NC1CC1. The molecule has 1 saturated heterocycles. The molecule has 24 heavy (non-hydrogen) atoms. The maximum atomic E-state index is 12.7. The Hall–Kier alpha value is -1.69. The third-order valence-electron chi connectivity index (χ3n) is 5.45. The molecule has 0 spiro atoms. The summed E-state index contributed by atoms with van der Waals surface area (Å²) < 4.78 is 0. The first kappa shape index (κ1) is 17.1. The van der Waals surface area contributed by atoms with Crippen molar-refractivity contribution in [3.63, 3.8) is 0 Å². The zero-order valence-corrected chi connectivity index (χ0v) is 14.3. The molecule has 3 rings (SSSR count). The summed E-state index contributed by atoms with van der Waals surface area (Å²) in [6.45, 7) is 6.80. The number of carbonyl (C=O) groups is 3. The van der Waals surface area contributed by atoms with Crippen LogP contribution < -0.4 is 16.0 Å². The van der Waals surface area contributed by atoms with Crippen LogP contribution in [0.3, 0.4) is 0 Å². The van der Waals surface area contributed by atoms with Gasteiger partial charge < -0.3 is 16.0 Å². The Morgan fingerprint density at radius 2 is 2.04 bits per heavy atom. The Kier molecular flexibility index (Phi) is 5.04. The number of amides is 2. The number of rotatable bonds is 7. The van der Waals surface area contributed by atoms with Gasteiger partial charge in [0.25, 0.3) is 5.91 Å². The van der Waals surface area contributed by atoms with Gasteiger partial charge >= 0.3 is 0 Å². The molecule has 6 nitrogen and oxygen atoms in total. The van der Waals surface area contributed by atoms with Crippen molar-refractivity contribution < 1.29 is 14.4 Å². The van der Waals surface area contributed by atoms with Gasteiger partial charge in [-0.3, -0.25) is 14.4 Å². The molecule has 132 valence electrons. The molecule has 3 aliphatic rings. The molecule has 4 unspecified atom stereocenters. The van der Waals surface area contributed by atoms with Gasteiger partial charge in [0.15, 0.2) is 0 Å². The van der Waals surface area contributed by atoms with E-state index in [4.69, 9.17) is 0 Å². The van der Waals surface area contributed by atoms with Crippen LogP contribution in [0, 0.1) is 11.8 Å². The number of nitrogens with one attached hydrogen (secondary N) is 3. The normalized spacial score (nSPS) is 29.9. The first-order chi connectivity index (χ1) is 11.5. The zero-order chi connectivity index (χ0) is 17.3. The van der Waals surface area contributed by atoms with E-state index in [0.29, 0.717) is 12.3 Å². The van der Waals surface area contributed by atoms with Crippen LogP contribution in [0.4, 0.5) is 0 Å². The molecule has 0 bridgehead atoms. The molecule has 3 N–H and O–H groups in total. The van der Waals surface area contributed by atoms with Crippen LogP contribution >= 0.6 is 0 Å². The highest BCUT2D eigenvalue weighted by molar-refractivity contribution is 6.38. The predicted octanol–water partition coefficient (Wildman–Crippen LogP) is 0.673. The Balaban J connectivity index is 1.60. The van der Waals surface area contributed by atoms with Crippen molar-refractivity contribution in [2.75, 3.05) is 6.54 Å². The van der Waals surface area contributed by atoms with Gasteiger partial charge in [-0.15, -0.1) is 0 Å². The fourth-order valence-corrected chi connectivity index (χ4v) is 3.89. The van der Waals surface area contributed by atoms with Gasteiger partial charge in [-0.1, -0.05) is 25.5 Å². The van der Waals surface area contributed by atoms with E-state index >= 15 is 0 Å². The highest BCUT2D eigenvalue weighted by atomic mass is 16.2. The summed E-state index contributed by atoms with van der Waals surface area (Å²) in [5, 5.41) is 8.79. The molecule has 1 heterocycles. The molecule has 0 aromatic heterocycles. The summed E-state index contributed by atoms with van der Waals surface area (Å²) in [4.78, 5) is 37.0. The van der Waals surface area contributed by atoms with E-state index in [1.54, 1.807) is 0 Å². The Morgan fingerprint density at radius 3 is 2.71 bits per heavy atom. The van der Waals surface area contributed by atoms with Crippen molar-refractivity contribution in [1.29, 1.82) is 0 Å². The number of Topliss-reactive ketones (excluding diaryl/α,β-unsaturated/α-hetero) is 1. The number of ketones is 1. The van der Waals surface area contributed by atoms with Gasteiger partial charge in [0, 0.05) is 12.6 Å². The molecule has 2 saturated carbocycles. The average molecular weight is 333 g/mol. The largest absolute Gasteiger partial charge is 0.347 e. The van der Waals surface area contributed by atoms with E-state index in [1.165, 1.54) is 5.57 Å². The topological polar surface area (TPSA) is 87.3 Å². The van der Waals surface area contributed by atoms with E-state index < -0.39 is 17.7 Å². The quantitative estimate of drug-likeness (QED) is 0.472. The second-order valence-corrected chi connectivity index (χ2v) is 7.32. The molecule has 0 radical (unpaired) electrons. The Morgan fingerprint density at radius 1 is 1.29 bits per heavy atom. The van der Waals surface area contributed by atoms with Crippen molar-refractivity contribution in [3.8, 4) is 0 Å². The van der Waals surface area contributed by atoms with E-state index in [2.05, 4.69) is 22.5 Å². The van der Waals surface area contributed by atoms with Gasteiger partial charge in [-0.2, -0.15) is 0 Å². The summed E-state index contributed by atoms with van der Waals surface area (Å²) in [5.41, 5.74) is 1.22. The lowest BCUT2D eigenvalue weighted by atomic mass is 9.92. The highest BCUT2D eigenvalue weighted by Gasteiger charge is 2.45. The van der Waals surface area contributed by atoms with Crippen LogP contribution in [-0.4, -0.2) is 42.3 Å². The summed E-state index contributed by atoms with van der Waals surface area (Å²) in [6, 6.07) is -0.874. The van der Waals surface area contributed by atoms with E-state index in [9.17, 15) is 14.4 Å². The number of fused-ring (bicyclic) bond motifs is 1. The van der Waals surface area contributed by atoms with E-state index in [1.807, 2.05) is 6.92 Å². The van der Waals surface area contributed by atoms with Crippen molar-refractivity contribution >= 4 is 17.6 Å². The maximum Gasteiger partial charge on any atom is 0.289 e. The van der Waals surface area contributed by atoms with Crippen molar-refractivity contribution in [1.82, 2.24) is 16.0 Å². The van der Waals surface area contributed by atoms with Crippen LogP contribution in [0.1, 0.15) is 45.4 Å². The van der Waals surface area contributed by atoms with E-state index in [-0.39, 0.29) is 23.9 Å². The van der Waals surface area contributed by atoms with Gasteiger partial charge in [0.1, 0.15) is 0 Å². The van der Waals surface area contributed by atoms with Crippen LogP contribution in [0.25, 0.3) is 0 Å². The Labute approximate surface area is 142 Å². The molecule has 0 aromatic rings. The van der Waals surface area contributed by atoms with Crippen molar-refractivity contribution in [3.05, 3.63) is 12.2 Å². The fraction of sp³-hybridized carbons (Fsp3) is 0.722. The summed E-state index contributed by atoms with van der Waals surface area (Å²) in [5.74, 6) is -0.636. The fourth-order valence-electron chi connectivity index (χ4n) is 3.89. The smallest absolute Gasteiger partial charge is 0.289 e. The minimum absolute atomic E-state index is 0.140. The first-order valence-corrected chi connectivity index (χ1v) is 9.07. The first-order valence-electron chi connectivity index (χ1n) is 9.07. The number of hydrogen-bond donors (Lipinski definition) is 3. The lowest BCUT2D eigenvalue weighted by Gasteiger charge is -2.22. The van der Waals surface area contributed by atoms with Crippen LogP contribution in [0.5, 0.6) is 0 Å². The minimum atomic E-state index is -0.730. The standard InChI is InChI=1S/C18H27N3O3/c1-3-4-14(16(22)18(24)20-11-6-7-11)21-17(23)15-12-8-5-10(2)13(12)9-19-15/h11-15,19H,2-9H2,1H3,(H,20,24)(H,21,23). The molecular weight excluding hydrogens is 306 g/mol. The highest BCUT2D eigenvalue weighted by Crippen LogP contribution is 2.40. The summed E-state index contributed by atoms with van der Waals surface area (Å²) >= 11 is 0. The zero-order valence-electron chi connectivity index (χ0n) is 14.3. The lowest BCUT2D eigenvalue weighted by Crippen LogP contribution is -2.53. The van der Waals surface area contributed by atoms with Crippen molar-refractivity contribution in [2.24, 2.45) is 11.8 Å². The molecule has 6 heteroatoms. The Bertz CT molecular complexity index is 556. The predicted molar refractivity (Wildman–Crippen MR) is 90.2 cm³/mol. The minimum Gasteiger partial charge on any atom is -0.347 e. The molecule has 2 amide bonds. The van der Waals surface area contributed by atoms with Gasteiger partial charge in [-0.05, 0) is 43.9 Å². The van der Waals surface area contributed by atoms with Gasteiger partial charge in [0.05, 0.1) is 12.1 Å².